The number of hydrogen-bond acceptors (Lipinski definition) is 1. The molecule has 1 unspecified atom stereocenters. The zero-order chi connectivity index (χ0) is 12.1. The predicted octanol–water partition coefficient (Wildman–Crippen LogP) is 4.91. The average molecular weight is 227 g/mol. The van der Waals surface area contributed by atoms with Gasteiger partial charge in [0.05, 0.1) is 0 Å². The molecule has 0 aliphatic carbocycles. The molecule has 0 aliphatic heterocycles. The molecule has 98 valence electrons. The van der Waals surface area contributed by atoms with Crippen LogP contribution in [0.3, 0.4) is 0 Å². The van der Waals surface area contributed by atoms with Crippen molar-refractivity contribution in [2.45, 2.75) is 91.0 Å². The molecule has 0 aromatic rings. The first-order valence-corrected chi connectivity index (χ1v) is 7.58. The Morgan fingerprint density at radius 2 is 1.38 bits per heavy atom. The third kappa shape index (κ3) is 10.5. The highest BCUT2D eigenvalue weighted by atomic mass is 14.9. The van der Waals surface area contributed by atoms with Crippen molar-refractivity contribution in [3.63, 3.8) is 0 Å². The number of hydrogen-bond donors (Lipinski definition) is 1. The van der Waals surface area contributed by atoms with E-state index in [1.54, 1.807) is 0 Å². The molecule has 0 saturated carbocycles. The third-order valence-corrected chi connectivity index (χ3v) is 3.34. The molecule has 16 heavy (non-hydrogen) atoms. The van der Waals surface area contributed by atoms with Gasteiger partial charge >= 0.3 is 0 Å². The van der Waals surface area contributed by atoms with Crippen molar-refractivity contribution in [2.75, 3.05) is 6.54 Å². The highest BCUT2D eigenvalue weighted by molar-refractivity contribution is 4.63. The lowest BCUT2D eigenvalue weighted by Crippen LogP contribution is -2.29. The number of rotatable bonds is 12. The minimum absolute atomic E-state index is 0.769. The quantitative estimate of drug-likeness (QED) is 0.467. The fourth-order valence-electron chi connectivity index (χ4n) is 2.19. The molecule has 1 nitrogen and oxygen atoms in total. The monoisotopic (exact) mass is 227 g/mol. The Bertz CT molecular complexity index is 123. The zero-order valence-electron chi connectivity index (χ0n) is 11.9. The fraction of sp³-hybridized carbons (Fsp3) is 1.00. The summed E-state index contributed by atoms with van der Waals surface area (Å²) in [5.74, 6) is 0. The topological polar surface area (TPSA) is 12.0 Å². The van der Waals surface area contributed by atoms with Gasteiger partial charge in [0.1, 0.15) is 0 Å². The van der Waals surface area contributed by atoms with Crippen molar-refractivity contribution >= 4 is 0 Å². The Kier molecular flexibility index (Phi) is 13.0. The lowest BCUT2D eigenvalue weighted by Gasteiger charge is -2.15. The van der Waals surface area contributed by atoms with Crippen molar-refractivity contribution in [2.24, 2.45) is 0 Å². The van der Waals surface area contributed by atoms with Crippen molar-refractivity contribution in [1.82, 2.24) is 5.32 Å². The highest BCUT2D eigenvalue weighted by Crippen LogP contribution is 2.07. The van der Waals surface area contributed by atoms with Gasteiger partial charge in [-0.2, -0.15) is 0 Å². The van der Waals surface area contributed by atoms with Crippen LogP contribution in [0.25, 0.3) is 0 Å². The van der Waals surface area contributed by atoms with Gasteiger partial charge in [-0.1, -0.05) is 65.7 Å². The van der Waals surface area contributed by atoms with Crippen molar-refractivity contribution in [3.8, 4) is 0 Å². The molecule has 0 rings (SSSR count). The predicted molar refractivity (Wildman–Crippen MR) is 75.0 cm³/mol. The van der Waals surface area contributed by atoms with Crippen LogP contribution in [0.2, 0.25) is 0 Å². The Balaban J connectivity index is 3.12. The molecule has 0 amide bonds. The largest absolute Gasteiger partial charge is 0.314 e. The third-order valence-electron chi connectivity index (χ3n) is 3.34. The highest BCUT2D eigenvalue weighted by Gasteiger charge is 2.02. The molecule has 0 fully saturated rings. The van der Waals surface area contributed by atoms with Crippen LogP contribution in [0.4, 0.5) is 0 Å². The molecule has 0 aliphatic rings. The summed E-state index contributed by atoms with van der Waals surface area (Å²) in [6.45, 7) is 8.07. The minimum Gasteiger partial charge on any atom is -0.314 e. The Labute approximate surface area is 103 Å². The summed E-state index contributed by atoms with van der Waals surface area (Å²) in [4.78, 5) is 0. The first kappa shape index (κ1) is 16.0. The molecule has 0 heterocycles. The molecule has 0 radical (unpaired) electrons. The fourth-order valence-corrected chi connectivity index (χ4v) is 2.19. The molecule has 1 N–H and O–H groups in total. The van der Waals surface area contributed by atoms with Gasteiger partial charge in [0.25, 0.3) is 0 Å². The Morgan fingerprint density at radius 3 is 1.94 bits per heavy atom. The molecule has 0 aromatic carbocycles. The molecule has 0 saturated heterocycles. The van der Waals surface area contributed by atoms with E-state index in [-0.39, 0.29) is 0 Å². The van der Waals surface area contributed by atoms with Gasteiger partial charge in [-0.05, 0) is 25.8 Å². The van der Waals surface area contributed by atoms with Gasteiger partial charge in [0.15, 0.2) is 0 Å². The van der Waals surface area contributed by atoms with E-state index in [0.29, 0.717) is 0 Å². The maximum absolute atomic E-state index is 3.67. The van der Waals surface area contributed by atoms with E-state index in [1.807, 2.05) is 0 Å². The first-order valence-electron chi connectivity index (χ1n) is 7.58. The van der Waals surface area contributed by atoms with Gasteiger partial charge in [-0.3, -0.25) is 0 Å². The van der Waals surface area contributed by atoms with Crippen molar-refractivity contribution < 1.29 is 0 Å². The first-order chi connectivity index (χ1) is 7.85. The molecular formula is C15H33N. The standard InChI is InChI=1S/C15H33N/c1-4-7-8-9-10-11-12-14-16-15(6-3)13-5-2/h15-16H,4-14H2,1-3H3. The van der Waals surface area contributed by atoms with Gasteiger partial charge < -0.3 is 5.32 Å². The summed E-state index contributed by atoms with van der Waals surface area (Å²) in [6, 6.07) is 0.769. The van der Waals surface area contributed by atoms with E-state index in [0.717, 1.165) is 6.04 Å². The van der Waals surface area contributed by atoms with Crippen LogP contribution in [-0.4, -0.2) is 12.6 Å². The number of nitrogens with one attached hydrogen (secondary N) is 1. The SMILES string of the molecule is CCCCCCCCCNC(CC)CCC. The Hall–Kier alpha value is -0.0400. The second-order valence-electron chi connectivity index (χ2n) is 4.97. The van der Waals surface area contributed by atoms with Crippen molar-refractivity contribution in [3.05, 3.63) is 0 Å². The van der Waals surface area contributed by atoms with Crippen LogP contribution in [0.15, 0.2) is 0 Å². The summed E-state index contributed by atoms with van der Waals surface area (Å²) in [6.07, 6.45) is 13.8. The summed E-state index contributed by atoms with van der Waals surface area (Å²) in [5.41, 5.74) is 0. The molecule has 1 heteroatoms. The summed E-state index contributed by atoms with van der Waals surface area (Å²) < 4.78 is 0. The maximum atomic E-state index is 3.67. The van der Waals surface area contributed by atoms with Crippen LogP contribution in [0.1, 0.15) is 85.0 Å². The van der Waals surface area contributed by atoms with Gasteiger partial charge in [0.2, 0.25) is 0 Å². The lowest BCUT2D eigenvalue weighted by molar-refractivity contribution is 0.450. The number of unbranched alkanes of at least 4 members (excludes halogenated alkanes) is 6. The zero-order valence-corrected chi connectivity index (χ0v) is 11.9. The van der Waals surface area contributed by atoms with Crippen LogP contribution >= 0.6 is 0 Å². The van der Waals surface area contributed by atoms with E-state index in [2.05, 4.69) is 26.1 Å². The van der Waals surface area contributed by atoms with Gasteiger partial charge in [-0.15, -0.1) is 0 Å². The smallest absolute Gasteiger partial charge is 0.00643 e. The minimum atomic E-state index is 0.769. The van der Waals surface area contributed by atoms with E-state index in [4.69, 9.17) is 0 Å². The molecular weight excluding hydrogens is 194 g/mol. The van der Waals surface area contributed by atoms with E-state index in [9.17, 15) is 0 Å². The molecule has 0 bridgehead atoms. The normalized spacial score (nSPS) is 12.9. The Morgan fingerprint density at radius 1 is 0.750 bits per heavy atom. The van der Waals surface area contributed by atoms with Gasteiger partial charge in [-0.25, -0.2) is 0 Å². The maximum Gasteiger partial charge on any atom is 0.00643 e. The van der Waals surface area contributed by atoms with Gasteiger partial charge in [0, 0.05) is 6.04 Å². The summed E-state index contributed by atoms with van der Waals surface area (Å²) >= 11 is 0. The van der Waals surface area contributed by atoms with Crippen LogP contribution in [-0.2, 0) is 0 Å². The summed E-state index contributed by atoms with van der Waals surface area (Å²) in [5, 5.41) is 3.67. The van der Waals surface area contributed by atoms with E-state index in [1.165, 1.54) is 70.8 Å². The van der Waals surface area contributed by atoms with E-state index < -0.39 is 0 Å². The second kappa shape index (κ2) is 13.0. The molecule has 0 spiro atoms. The van der Waals surface area contributed by atoms with E-state index >= 15 is 0 Å². The van der Waals surface area contributed by atoms with Crippen LogP contribution in [0, 0.1) is 0 Å². The van der Waals surface area contributed by atoms with Crippen LogP contribution in [0.5, 0.6) is 0 Å². The van der Waals surface area contributed by atoms with Crippen LogP contribution < -0.4 is 5.32 Å². The summed E-state index contributed by atoms with van der Waals surface area (Å²) in [7, 11) is 0. The second-order valence-corrected chi connectivity index (χ2v) is 4.97. The molecule has 0 aromatic heterocycles. The van der Waals surface area contributed by atoms with Crippen molar-refractivity contribution in [1.29, 1.82) is 0 Å². The molecule has 1 atom stereocenters. The lowest BCUT2D eigenvalue weighted by atomic mass is 10.1. The average Bonchev–Trinajstić information content (AvgIpc) is 2.31.